The number of piperazine rings is 1. The number of carbonyl (C=O) groups excluding carboxylic acids is 1. The first kappa shape index (κ1) is 32.4. The lowest BCUT2D eigenvalue weighted by Gasteiger charge is -2.48. The number of nitrogens with zero attached hydrogens (tertiary/aromatic N) is 6. The van der Waals surface area contributed by atoms with Gasteiger partial charge in [0.05, 0.1) is 39.1 Å². The molecule has 1 N–H and O–H groups in total. The summed E-state index contributed by atoms with van der Waals surface area (Å²) in [5, 5.41) is 10.7. The Hall–Kier alpha value is -4.58. The van der Waals surface area contributed by atoms with Crippen molar-refractivity contribution < 1.29 is 23.1 Å². The lowest BCUT2D eigenvalue weighted by molar-refractivity contribution is -0.127. The fourth-order valence-corrected chi connectivity index (χ4v) is 7.39. The minimum absolute atomic E-state index is 0.148. The molecule has 4 aromatic rings. The van der Waals surface area contributed by atoms with Gasteiger partial charge in [0.25, 0.3) is 0 Å². The molecule has 0 bridgehead atoms. The van der Waals surface area contributed by atoms with E-state index in [2.05, 4.69) is 16.5 Å². The van der Waals surface area contributed by atoms with Crippen LogP contribution < -0.4 is 15.5 Å². The zero-order chi connectivity index (χ0) is 34.1. The molecule has 4 heterocycles. The summed E-state index contributed by atoms with van der Waals surface area (Å²) in [4.78, 5) is 41.5. The van der Waals surface area contributed by atoms with E-state index in [-0.39, 0.29) is 57.9 Å². The smallest absolute Gasteiger partial charge is 0.354 e. The van der Waals surface area contributed by atoms with Crippen molar-refractivity contribution >= 4 is 39.9 Å². The third kappa shape index (κ3) is 5.00. The van der Waals surface area contributed by atoms with Gasteiger partial charge in [0.1, 0.15) is 17.1 Å². The van der Waals surface area contributed by atoms with Crippen LogP contribution in [0.25, 0.3) is 27.7 Å². The summed E-state index contributed by atoms with van der Waals surface area (Å²) in [6, 6.07) is 2.66. The van der Waals surface area contributed by atoms with Crippen molar-refractivity contribution in [3.8, 4) is 22.6 Å². The first-order chi connectivity index (χ1) is 22.3. The lowest BCUT2D eigenvalue weighted by Crippen LogP contribution is -2.60. The third-order valence-corrected chi connectivity index (χ3v) is 9.48. The molecule has 1 fully saturated rings. The van der Waals surface area contributed by atoms with Gasteiger partial charge in [-0.1, -0.05) is 32.0 Å². The second-order valence-electron chi connectivity index (χ2n) is 12.5. The van der Waals surface area contributed by atoms with Gasteiger partial charge in [-0.05, 0) is 56.0 Å². The number of rotatable bonds is 4. The highest BCUT2D eigenvalue weighted by molar-refractivity contribution is 6.38. The Bertz CT molecular complexity index is 2030. The summed E-state index contributed by atoms with van der Waals surface area (Å²) >= 11 is 7.00. The van der Waals surface area contributed by atoms with Crippen LogP contribution in [-0.4, -0.2) is 69.2 Å². The fraction of sp³-hybridized carbons (Fsp3) is 0.353. The average Bonchev–Trinajstić information content (AvgIpc) is 3.02. The summed E-state index contributed by atoms with van der Waals surface area (Å²) in [6.45, 7) is 12.0. The first-order valence-corrected chi connectivity index (χ1v) is 15.7. The fourth-order valence-electron chi connectivity index (χ4n) is 6.97. The molecule has 0 spiro atoms. The number of aromatic nitrogens is 3. The van der Waals surface area contributed by atoms with Crippen LogP contribution in [0.5, 0.6) is 5.75 Å². The van der Waals surface area contributed by atoms with Gasteiger partial charge in [0.15, 0.2) is 17.5 Å². The first-order valence-electron chi connectivity index (χ1n) is 15.3. The predicted octanol–water partition coefficient (Wildman–Crippen LogP) is 6.09. The molecule has 1 amide bonds. The largest absolute Gasteiger partial charge is 0.507 e. The number of aromatic hydroxyl groups is 1. The number of halogens is 4. The number of fused-ring (bicyclic) bond motifs is 2. The minimum atomic E-state index is -1.49. The van der Waals surface area contributed by atoms with Crippen molar-refractivity contribution in [3.63, 3.8) is 0 Å². The van der Waals surface area contributed by atoms with Crippen molar-refractivity contribution in [1.29, 1.82) is 0 Å². The van der Waals surface area contributed by atoms with Crippen molar-refractivity contribution in [2.24, 2.45) is 0 Å². The summed E-state index contributed by atoms with van der Waals surface area (Å²) < 4.78 is 48.8. The van der Waals surface area contributed by atoms with E-state index >= 15 is 8.78 Å². The quantitative estimate of drug-likeness (QED) is 0.264. The normalized spacial score (nSPS) is 18.0. The summed E-state index contributed by atoms with van der Waals surface area (Å²) in [5.74, 6) is -4.97. The number of carbonyl (C=O) groups is 1. The molecule has 2 aliphatic heterocycles. The van der Waals surface area contributed by atoms with E-state index in [9.17, 15) is 19.1 Å². The highest BCUT2D eigenvalue weighted by Gasteiger charge is 2.40. The minimum Gasteiger partial charge on any atom is -0.507 e. The molecular weight excluding hydrogens is 633 g/mol. The maximum atomic E-state index is 17.5. The van der Waals surface area contributed by atoms with Crippen molar-refractivity contribution in [3.05, 3.63) is 81.3 Å². The van der Waals surface area contributed by atoms with Crippen LogP contribution in [0.3, 0.4) is 0 Å². The van der Waals surface area contributed by atoms with Crippen LogP contribution in [-0.2, 0) is 4.79 Å². The molecule has 9 nitrogen and oxygen atoms in total. The molecule has 47 heavy (non-hydrogen) atoms. The number of phenols is 1. The Morgan fingerprint density at radius 2 is 1.85 bits per heavy atom. The molecule has 0 saturated carbocycles. The van der Waals surface area contributed by atoms with Gasteiger partial charge in [-0.25, -0.2) is 18.0 Å². The van der Waals surface area contributed by atoms with Crippen LogP contribution in [0.2, 0.25) is 5.02 Å². The van der Waals surface area contributed by atoms with Gasteiger partial charge < -0.3 is 19.8 Å². The number of anilines is 2. The molecule has 13 heteroatoms. The lowest BCUT2D eigenvalue weighted by atomic mass is 9.95. The molecule has 2 aliphatic rings. The number of benzene rings is 2. The van der Waals surface area contributed by atoms with E-state index < -0.39 is 40.0 Å². The van der Waals surface area contributed by atoms with Crippen molar-refractivity contribution in [2.45, 2.75) is 52.1 Å². The van der Waals surface area contributed by atoms with E-state index in [1.807, 2.05) is 25.7 Å². The average molecular weight is 667 g/mol. The summed E-state index contributed by atoms with van der Waals surface area (Å²) in [5.41, 5.74) is -0.866. The second-order valence-corrected chi connectivity index (χ2v) is 12.8. The topological polar surface area (TPSA) is 94.8 Å². The molecule has 2 atom stereocenters. The monoisotopic (exact) mass is 666 g/mol. The Morgan fingerprint density at radius 3 is 2.53 bits per heavy atom. The van der Waals surface area contributed by atoms with Crippen LogP contribution >= 0.6 is 11.6 Å². The number of phenolic OH excluding ortho intramolecular Hbond substituents is 1. The molecule has 246 valence electrons. The molecule has 2 aromatic carbocycles. The number of aryl methyl sites for hydroxylation is 1. The van der Waals surface area contributed by atoms with E-state index in [1.54, 1.807) is 36.0 Å². The summed E-state index contributed by atoms with van der Waals surface area (Å²) in [7, 11) is 1.72. The van der Waals surface area contributed by atoms with Gasteiger partial charge in [0, 0.05) is 44.5 Å². The van der Waals surface area contributed by atoms with Crippen LogP contribution in [0.15, 0.2) is 41.8 Å². The molecule has 2 unspecified atom stereocenters. The summed E-state index contributed by atoms with van der Waals surface area (Å²) in [6.07, 6.45) is 3.33. The Kier molecular flexibility index (Phi) is 8.19. The van der Waals surface area contributed by atoms with Gasteiger partial charge in [0.2, 0.25) is 5.91 Å². The van der Waals surface area contributed by atoms with Gasteiger partial charge in [-0.3, -0.25) is 14.3 Å². The SMILES string of the molecule is C=CC(=O)N1CC(C)N2c3nc(=O)n(-c4c(C)ccnc4C(C)C)c4c(F)c(-c5c(O)ccc(F)c5F)c(Cl)c(c34)N(C)CCC2C1. The molecule has 0 aliphatic carbocycles. The molecule has 6 rings (SSSR count). The van der Waals surface area contributed by atoms with Gasteiger partial charge >= 0.3 is 5.69 Å². The standard InChI is InChI=1S/C34H34ClF3N6O3/c1-7-22(46)42-14-18(5)43-19(15-42)11-13-41(6)31-25-32(28(38)24(26(31)35)23-21(45)9-8-20(36)27(23)37)44(34(47)40-33(25)43)30-17(4)10-12-39-29(30)16(2)3/h7-10,12,16,18-19,45H,1,11,13-15H2,2-6H3. The zero-order valence-corrected chi connectivity index (χ0v) is 27.4. The molecule has 0 radical (unpaired) electrons. The van der Waals surface area contributed by atoms with E-state index in [0.29, 0.717) is 36.5 Å². The number of amides is 1. The Morgan fingerprint density at radius 1 is 1.13 bits per heavy atom. The van der Waals surface area contributed by atoms with Crippen molar-refractivity contribution in [2.75, 3.05) is 36.5 Å². The highest BCUT2D eigenvalue weighted by Crippen LogP contribution is 2.50. The maximum Gasteiger partial charge on any atom is 0.354 e. The highest BCUT2D eigenvalue weighted by atomic mass is 35.5. The Balaban J connectivity index is 1.83. The zero-order valence-electron chi connectivity index (χ0n) is 26.6. The van der Waals surface area contributed by atoms with E-state index in [1.165, 1.54) is 6.08 Å². The third-order valence-electron chi connectivity index (χ3n) is 9.11. The maximum absolute atomic E-state index is 17.5. The number of hydrogen-bond acceptors (Lipinski definition) is 7. The number of pyridine rings is 1. The van der Waals surface area contributed by atoms with E-state index in [4.69, 9.17) is 11.6 Å². The second kappa shape index (κ2) is 11.9. The van der Waals surface area contributed by atoms with Crippen molar-refractivity contribution in [1.82, 2.24) is 19.4 Å². The van der Waals surface area contributed by atoms with E-state index in [0.717, 1.165) is 16.7 Å². The van der Waals surface area contributed by atoms with Crippen LogP contribution in [0.4, 0.5) is 24.7 Å². The molecule has 1 saturated heterocycles. The van der Waals surface area contributed by atoms with Gasteiger partial charge in [-0.15, -0.1) is 0 Å². The molecule has 2 aromatic heterocycles. The van der Waals surface area contributed by atoms with Crippen LogP contribution in [0.1, 0.15) is 44.4 Å². The predicted molar refractivity (Wildman–Crippen MR) is 176 cm³/mol. The Labute approximate surface area is 274 Å². The number of hydrogen-bond donors (Lipinski definition) is 1. The molecular formula is C34H34ClF3N6O3. The van der Waals surface area contributed by atoms with Gasteiger partial charge in [-0.2, -0.15) is 4.98 Å². The van der Waals surface area contributed by atoms with Crippen LogP contribution in [0, 0.1) is 24.4 Å².